The minimum atomic E-state index is -0.867. The molecule has 0 aromatic heterocycles. The summed E-state index contributed by atoms with van der Waals surface area (Å²) in [6, 6.07) is 9.03. The van der Waals surface area contributed by atoms with Crippen molar-refractivity contribution < 1.29 is 19.1 Å². The molecule has 9 atom stereocenters. The number of hydrogen-bond acceptors (Lipinski definition) is 5. The van der Waals surface area contributed by atoms with E-state index in [1.807, 2.05) is 25.1 Å². The Morgan fingerprint density at radius 2 is 1.71 bits per heavy atom. The third kappa shape index (κ3) is 6.68. The van der Waals surface area contributed by atoms with Gasteiger partial charge in [-0.25, -0.2) is 4.79 Å². The molecule has 0 radical (unpaired) electrons. The van der Waals surface area contributed by atoms with Gasteiger partial charge in [0, 0.05) is 5.54 Å². The van der Waals surface area contributed by atoms with Crippen LogP contribution in [0.4, 0.5) is 0 Å². The Kier molecular flexibility index (Phi) is 11.2. The van der Waals surface area contributed by atoms with Gasteiger partial charge in [-0.1, -0.05) is 83.5 Å². The molecule has 4 saturated carbocycles. The molecule has 1 aromatic carbocycles. The van der Waals surface area contributed by atoms with Gasteiger partial charge in [0.1, 0.15) is 12.0 Å². The molecule has 5 aliphatic carbocycles. The molecule has 0 bridgehead atoms. The Labute approximate surface area is 315 Å². The minimum Gasteiger partial charge on any atom is -0.465 e. The van der Waals surface area contributed by atoms with Crippen LogP contribution in [0, 0.1) is 51.2 Å². The molecule has 4 fully saturated rings. The van der Waals surface area contributed by atoms with Crippen LogP contribution in [0.2, 0.25) is 0 Å². The first-order valence-corrected chi connectivity index (χ1v) is 20.9. The van der Waals surface area contributed by atoms with Crippen molar-refractivity contribution in [2.75, 3.05) is 13.2 Å². The van der Waals surface area contributed by atoms with Gasteiger partial charge in [-0.05, 0) is 166 Å². The number of fused-ring (bicyclic) bond motifs is 5. The van der Waals surface area contributed by atoms with Gasteiger partial charge in [-0.3, -0.25) is 4.79 Å². The van der Waals surface area contributed by atoms with Gasteiger partial charge in [0.15, 0.2) is 0 Å². The number of nitrogens with two attached hydrogens (primary N) is 1. The molecule has 52 heavy (non-hydrogen) atoms. The lowest BCUT2D eigenvalue weighted by Gasteiger charge is -2.67. The minimum absolute atomic E-state index is 0.00269. The van der Waals surface area contributed by atoms with Crippen LogP contribution < -0.4 is 5.73 Å². The molecule has 0 unspecified atom stereocenters. The topological polar surface area (TPSA) is 78.6 Å². The average molecular weight is 712 g/mol. The average Bonchev–Trinajstić information content (AvgIpc) is 3.49. The molecule has 6 rings (SSSR count). The van der Waals surface area contributed by atoms with E-state index in [0.29, 0.717) is 59.5 Å². The fourth-order valence-electron chi connectivity index (χ4n) is 12.6. The van der Waals surface area contributed by atoms with Crippen molar-refractivity contribution in [3.63, 3.8) is 0 Å². The molecule has 0 saturated heterocycles. The van der Waals surface area contributed by atoms with Gasteiger partial charge >= 0.3 is 11.9 Å². The van der Waals surface area contributed by atoms with Gasteiger partial charge < -0.3 is 15.2 Å². The number of ether oxygens (including phenoxy) is 2. The highest BCUT2D eigenvalue weighted by Gasteiger charge is 2.66. The molecule has 0 aliphatic heterocycles. The Balaban J connectivity index is 1.21. The number of unbranched alkanes of at least 4 members (excludes halogenated alkanes) is 1. The van der Waals surface area contributed by atoms with Crippen molar-refractivity contribution in [2.45, 2.75) is 144 Å². The second-order valence-corrected chi connectivity index (χ2v) is 18.9. The molecule has 0 spiro atoms. The first-order chi connectivity index (χ1) is 24.7. The van der Waals surface area contributed by atoms with Crippen LogP contribution in [0.15, 0.2) is 65.8 Å². The Bertz CT molecular complexity index is 1560. The van der Waals surface area contributed by atoms with Crippen LogP contribution in [-0.2, 0) is 14.3 Å². The van der Waals surface area contributed by atoms with E-state index in [1.54, 1.807) is 12.1 Å². The predicted octanol–water partition coefficient (Wildman–Crippen LogP) is 11.2. The number of carbonyl (C=O) groups is 2. The van der Waals surface area contributed by atoms with Crippen LogP contribution in [0.3, 0.4) is 0 Å². The number of rotatable bonds is 11. The maximum Gasteiger partial charge on any atom is 0.338 e. The summed E-state index contributed by atoms with van der Waals surface area (Å²) in [5.74, 6) is 2.53. The number of esters is 2. The molecule has 5 aliphatic rings. The van der Waals surface area contributed by atoms with Gasteiger partial charge in [-0.15, -0.1) is 0 Å². The second-order valence-electron chi connectivity index (χ2n) is 18.9. The highest BCUT2D eigenvalue weighted by molar-refractivity contribution is 5.89. The van der Waals surface area contributed by atoms with Crippen molar-refractivity contribution in [1.82, 2.24) is 0 Å². The summed E-state index contributed by atoms with van der Waals surface area (Å²) in [6.45, 7) is 21.5. The van der Waals surface area contributed by atoms with Crippen molar-refractivity contribution >= 4 is 11.9 Å². The second kappa shape index (κ2) is 14.9. The van der Waals surface area contributed by atoms with Crippen LogP contribution >= 0.6 is 0 Å². The lowest BCUT2D eigenvalue weighted by atomic mass is 9.38. The van der Waals surface area contributed by atoms with E-state index in [-0.39, 0.29) is 23.5 Å². The molecule has 2 N–H and O–H groups in total. The quantitative estimate of drug-likeness (QED) is 0.183. The first kappa shape index (κ1) is 39.0. The zero-order chi connectivity index (χ0) is 37.5. The summed E-state index contributed by atoms with van der Waals surface area (Å²) >= 11 is 0. The number of carbonyl (C=O) groups excluding carboxylic acids is 2. The smallest absolute Gasteiger partial charge is 0.338 e. The standard InChI is InChI=1S/C47H69NO4/c1-9-11-17-38(33-20-25-46(26-21-33,42(50)51-10-2)31-52-41(49)34-15-13-12-14-16-34)43(5,6)35-22-24-44(7)36(30-35)18-19-39-40-37(32(3)4)23-27-47(40,48)29-28-45(39,44)8/h12-17,20,35-37,39-40H,3,9-11,18-19,21-31,48H2,1-2,4-8H3/b38-17-/t35-,36-,37+,39-,40-,44-,45-,46-,47+/m1/s1. The SMILES string of the molecule is C=C(C)[C@@H]1CC[C@]2(N)CC[C@]3(C)[C@H](CC[C@@H]4C[C@H](C(C)(C)/C(=C\CCC)C5=CC[C@@](COC(=O)c6ccccc6)(C(=O)OCC)CC5)CC[C@]43C)[C@@H]12. The largest absolute Gasteiger partial charge is 0.465 e. The van der Waals surface area contributed by atoms with Gasteiger partial charge in [0.05, 0.1) is 12.2 Å². The molecular formula is C47H69NO4. The number of benzene rings is 1. The third-order valence-corrected chi connectivity index (χ3v) is 16.1. The predicted molar refractivity (Wildman–Crippen MR) is 211 cm³/mol. The molecule has 5 heteroatoms. The Morgan fingerprint density at radius 3 is 2.37 bits per heavy atom. The summed E-state index contributed by atoms with van der Waals surface area (Å²) in [5, 5.41) is 0. The van der Waals surface area contributed by atoms with Crippen LogP contribution in [0.5, 0.6) is 0 Å². The first-order valence-electron chi connectivity index (χ1n) is 20.9. The van der Waals surface area contributed by atoms with Crippen molar-refractivity contribution in [2.24, 2.45) is 57.0 Å². The number of allylic oxidation sites excluding steroid dienone is 5. The molecule has 0 amide bonds. The van der Waals surface area contributed by atoms with E-state index in [0.717, 1.165) is 25.2 Å². The van der Waals surface area contributed by atoms with E-state index in [2.05, 4.69) is 60.3 Å². The molecule has 5 nitrogen and oxygen atoms in total. The zero-order valence-corrected chi connectivity index (χ0v) is 33.7. The molecule has 0 heterocycles. The van der Waals surface area contributed by atoms with E-state index in [4.69, 9.17) is 15.2 Å². The zero-order valence-electron chi connectivity index (χ0n) is 33.7. The summed E-state index contributed by atoms with van der Waals surface area (Å²) in [6.07, 6.45) is 20.2. The van der Waals surface area contributed by atoms with Crippen molar-refractivity contribution in [1.29, 1.82) is 0 Å². The van der Waals surface area contributed by atoms with E-state index in [9.17, 15) is 9.59 Å². The maximum absolute atomic E-state index is 13.5. The fraction of sp³-hybridized carbons (Fsp3) is 0.702. The molecule has 286 valence electrons. The highest BCUT2D eigenvalue weighted by Crippen LogP contribution is 2.72. The normalized spacial score (nSPS) is 37.6. The van der Waals surface area contributed by atoms with Gasteiger partial charge in [0.25, 0.3) is 0 Å². The van der Waals surface area contributed by atoms with Crippen LogP contribution in [-0.4, -0.2) is 30.7 Å². The molecule has 1 aromatic rings. The molecular weight excluding hydrogens is 643 g/mol. The fourth-order valence-corrected chi connectivity index (χ4v) is 12.6. The highest BCUT2D eigenvalue weighted by atomic mass is 16.6. The maximum atomic E-state index is 13.5. The monoisotopic (exact) mass is 712 g/mol. The summed E-state index contributed by atoms with van der Waals surface area (Å²) in [7, 11) is 0. The van der Waals surface area contributed by atoms with Crippen molar-refractivity contribution in [3.05, 3.63) is 71.3 Å². The van der Waals surface area contributed by atoms with Crippen LogP contribution in [0.1, 0.15) is 149 Å². The van der Waals surface area contributed by atoms with E-state index < -0.39 is 11.4 Å². The number of hydrogen-bond donors (Lipinski definition) is 1. The van der Waals surface area contributed by atoms with Crippen molar-refractivity contribution in [3.8, 4) is 0 Å². The summed E-state index contributed by atoms with van der Waals surface area (Å²) in [4.78, 5) is 26.4. The Morgan fingerprint density at radius 1 is 0.962 bits per heavy atom. The Hall–Kier alpha value is -2.66. The van der Waals surface area contributed by atoms with Crippen LogP contribution in [0.25, 0.3) is 0 Å². The summed E-state index contributed by atoms with van der Waals surface area (Å²) < 4.78 is 11.4. The van der Waals surface area contributed by atoms with E-state index >= 15 is 0 Å². The lowest BCUT2D eigenvalue weighted by molar-refractivity contribution is -0.172. The third-order valence-electron chi connectivity index (χ3n) is 16.1. The van der Waals surface area contributed by atoms with Gasteiger partial charge in [0.2, 0.25) is 0 Å². The lowest BCUT2D eigenvalue weighted by Crippen LogP contribution is -2.64. The summed E-state index contributed by atoms with van der Waals surface area (Å²) in [5.41, 5.74) is 11.8. The van der Waals surface area contributed by atoms with E-state index in [1.165, 1.54) is 74.5 Å². The van der Waals surface area contributed by atoms with Gasteiger partial charge in [-0.2, -0.15) is 0 Å².